The Labute approximate surface area is 175 Å². The van der Waals surface area contributed by atoms with Crippen molar-refractivity contribution in [2.24, 2.45) is 5.92 Å². The molecular formula is C18H19Cl2F3N4O2. The number of halogens is 5. The van der Waals surface area contributed by atoms with Gasteiger partial charge in [0, 0.05) is 23.3 Å². The van der Waals surface area contributed by atoms with Crippen molar-refractivity contribution in [3.05, 3.63) is 45.7 Å². The van der Waals surface area contributed by atoms with Crippen molar-refractivity contribution < 1.29 is 23.1 Å². The van der Waals surface area contributed by atoms with Crippen molar-refractivity contribution in [3.8, 4) is 0 Å². The van der Waals surface area contributed by atoms with Gasteiger partial charge in [-0.3, -0.25) is 4.79 Å². The van der Waals surface area contributed by atoms with Crippen LogP contribution in [0.3, 0.4) is 0 Å². The van der Waals surface area contributed by atoms with Gasteiger partial charge in [-0.2, -0.15) is 13.2 Å². The maximum Gasteiger partial charge on any atom is 0.433 e. The Bertz CT molecular complexity index is 833. The largest absolute Gasteiger partial charge is 0.483 e. The second kappa shape index (κ2) is 10.6. The molecule has 11 heteroatoms. The highest BCUT2D eigenvalue weighted by Crippen LogP contribution is 2.32. The fourth-order valence-electron chi connectivity index (χ4n) is 2.66. The summed E-state index contributed by atoms with van der Waals surface area (Å²) in [5, 5.41) is 13.3. The molecule has 0 aliphatic heterocycles. The Morgan fingerprint density at radius 1 is 1.28 bits per heavy atom. The maximum atomic E-state index is 13.4. The molecule has 0 amide bonds. The van der Waals surface area contributed by atoms with E-state index in [4.69, 9.17) is 33.1 Å². The molecule has 1 saturated carbocycles. The number of hydrogen-bond acceptors (Lipinski definition) is 5. The molecule has 0 unspecified atom stereocenters. The molecule has 0 atom stereocenters. The molecule has 1 aliphatic rings. The van der Waals surface area contributed by atoms with Crippen LogP contribution < -0.4 is 10.6 Å². The smallest absolute Gasteiger partial charge is 0.433 e. The SMILES string of the molecule is FC(F)(F)c1nc(Nc2ccc(Cl)cc2Cl)ncc1CNCC1CCC1.O=CO. The van der Waals surface area contributed by atoms with E-state index in [9.17, 15) is 13.2 Å². The number of rotatable bonds is 6. The Morgan fingerprint density at radius 3 is 2.52 bits per heavy atom. The number of alkyl halides is 3. The van der Waals surface area contributed by atoms with Gasteiger partial charge in [0.05, 0.1) is 10.7 Å². The Balaban J connectivity index is 0.000000941. The van der Waals surface area contributed by atoms with Crippen LogP contribution in [0.1, 0.15) is 30.5 Å². The molecule has 1 aromatic heterocycles. The number of carboxylic acid groups (broad SMARTS) is 1. The van der Waals surface area contributed by atoms with Crippen LogP contribution >= 0.6 is 23.2 Å². The van der Waals surface area contributed by atoms with Gasteiger partial charge in [0.1, 0.15) is 0 Å². The molecule has 0 saturated heterocycles. The van der Waals surface area contributed by atoms with E-state index in [-0.39, 0.29) is 29.6 Å². The first kappa shape index (κ1) is 23.2. The lowest BCUT2D eigenvalue weighted by Gasteiger charge is -2.25. The quantitative estimate of drug-likeness (QED) is 0.528. The molecule has 0 spiro atoms. The highest BCUT2D eigenvalue weighted by molar-refractivity contribution is 6.36. The fraction of sp³-hybridized carbons (Fsp3) is 0.389. The van der Waals surface area contributed by atoms with Gasteiger partial charge in [-0.1, -0.05) is 29.6 Å². The molecule has 3 rings (SSSR count). The monoisotopic (exact) mass is 450 g/mol. The third-order valence-electron chi connectivity index (χ3n) is 4.28. The fourth-order valence-corrected chi connectivity index (χ4v) is 3.12. The summed E-state index contributed by atoms with van der Waals surface area (Å²) >= 11 is 11.8. The summed E-state index contributed by atoms with van der Waals surface area (Å²) in [5.74, 6) is 0.377. The summed E-state index contributed by atoms with van der Waals surface area (Å²) < 4.78 is 40.1. The van der Waals surface area contributed by atoms with E-state index in [0.717, 1.165) is 12.8 Å². The molecule has 2 aromatic rings. The molecule has 1 aliphatic carbocycles. The van der Waals surface area contributed by atoms with Crippen LogP contribution in [0.4, 0.5) is 24.8 Å². The van der Waals surface area contributed by atoms with E-state index in [2.05, 4.69) is 20.6 Å². The van der Waals surface area contributed by atoms with Crippen LogP contribution in [0.15, 0.2) is 24.4 Å². The summed E-state index contributed by atoms with van der Waals surface area (Å²) in [5.41, 5.74) is -0.564. The zero-order valence-electron chi connectivity index (χ0n) is 15.1. The van der Waals surface area contributed by atoms with Crippen molar-refractivity contribution in [1.29, 1.82) is 0 Å². The number of carbonyl (C=O) groups is 1. The molecule has 0 radical (unpaired) electrons. The molecule has 158 valence electrons. The molecule has 6 nitrogen and oxygen atoms in total. The number of hydrogen-bond donors (Lipinski definition) is 3. The maximum absolute atomic E-state index is 13.4. The Morgan fingerprint density at radius 2 is 1.97 bits per heavy atom. The molecule has 29 heavy (non-hydrogen) atoms. The van der Waals surface area contributed by atoms with E-state index in [1.54, 1.807) is 12.1 Å². The van der Waals surface area contributed by atoms with E-state index >= 15 is 0 Å². The highest BCUT2D eigenvalue weighted by Gasteiger charge is 2.36. The lowest BCUT2D eigenvalue weighted by Crippen LogP contribution is -2.28. The van der Waals surface area contributed by atoms with Crippen molar-refractivity contribution >= 4 is 41.3 Å². The molecule has 1 heterocycles. The normalized spacial score (nSPS) is 13.8. The summed E-state index contributed by atoms with van der Waals surface area (Å²) in [6.45, 7) is 0.533. The number of benzene rings is 1. The Kier molecular flexibility index (Phi) is 8.48. The molecular weight excluding hydrogens is 432 g/mol. The third-order valence-corrected chi connectivity index (χ3v) is 4.83. The van der Waals surface area contributed by atoms with Gasteiger partial charge < -0.3 is 15.7 Å². The van der Waals surface area contributed by atoms with Crippen LogP contribution in [0.2, 0.25) is 10.0 Å². The van der Waals surface area contributed by atoms with Gasteiger partial charge in [-0.25, -0.2) is 9.97 Å². The first-order valence-corrected chi connectivity index (χ1v) is 9.44. The predicted octanol–water partition coefficient (Wildman–Crippen LogP) is 5.14. The number of anilines is 2. The van der Waals surface area contributed by atoms with Crippen LogP contribution in [-0.2, 0) is 17.5 Å². The third kappa shape index (κ3) is 7.02. The van der Waals surface area contributed by atoms with E-state index in [1.807, 2.05) is 0 Å². The zero-order chi connectivity index (χ0) is 21.4. The summed E-state index contributed by atoms with van der Waals surface area (Å²) in [4.78, 5) is 16.0. The standard InChI is InChI=1S/C17H17Cl2F3N4.CH2O2/c18-12-4-5-14(13(19)6-12)25-16-24-9-11(15(26-16)17(20,21)22)8-23-7-10-2-1-3-10;2-1-3/h4-6,9-10,23H,1-3,7-8H2,(H,24,25,26);1H,(H,2,3). The van der Waals surface area contributed by atoms with Gasteiger partial charge in [0.15, 0.2) is 5.69 Å². The van der Waals surface area contributed by atoms with Crippen molar-refractivity contribution in [1.82, 2.24) is 15.3 Å². The molecule has 1 fully saturated rings. The number of aromatic nitrogens is 2. The zero-order valence-corrected chi connectivity index (χ0v) is 16.7. The highest BCUT2D eigenvalue weighted by atomic mass is 35.5. The number of nitrogens with zero attached hydrogens (tertiary/aromatic N) is 2. The average molecular weight is 451 g/mol. The van der Waals surface area contributed by atoms with Gasteiger partial charge in [0.2, 0.25) is 5.95 Å². The summed E-state index contributed by atoms with van der Waals surface area (Å²) in [7, 11) is 0. The average Bonchev–Trinajstić information content (AvgIpc) is 2.60. The van der Waals surface area contributed by atoms with Gasteiger partial charge >= 0.3 is 6.18 Å². The minimum atomic E-state index is -4.57. The Hall–Kier alpha value is -2.10. The van der Waals surface area contributed by atoms with Crippen molar-refractivity contribution in [2.45, 2.75) is 32.0 Å². The van der Waals surface area contributed by atoms with Gasteiger partial charge in [-0.05, 0) is 43.5 Å². The summed E-state index contributed by atoms with van der Waals surface area (Å²) in [6.07, 6.45) is 0.0595. The lowest BCUT2D eigenvalue weighted by molar-refractivity contribution is -0.141. The minimum Gasteiger partial charge on any atom is -0.483 e. The first-order valence-electron chi connectivity index (χ1n) is 8.68. The van der Waals surface area contributed by atoms with Gasteiger partial charge in [-0.15, -0.1) is 0 Å². The molecule has 0 bridgehead atoms. The van der Waals surface area contributed by atoms with Gasteiger partial charge in [0.25, 0.3) is 6.47 Å². The van der Waals surface area contributed by atoms with Crippen LogP contribution in [0.25, 0.3) is 0 Å². The minimum absolute atomic E-state index is 0.0181. The predicted molar refractivity (Wildman–Crippen MR) is 105 cm³/mol. The van der Waals surface area contributed by atoms with E-state index < -0.39 is 11.9 Å². The van der Waals surface area contributed by atoms with E-state index in [0.29, 0.717) is 23.2 Å². The summed E-state index contributed by atoms with van der Waals surface area (Å²) in [6, 6.07) is 4.60. The van der Waals surface area contributed by atoms with E-state index in [1.165, 1.54) is 18.7 Å². The van der Waals surface area contributed by atoms with Crippen LogP contribution in [-0.4, -0.2) is 28.1 Å². The first-order chi connectivity index (χ1) is 13.7. The van der Waals surface area contributed by atoms with Crippen LogP contribution in [0.5, 0.6) is 0 Å². The molecule has 1 aromatic carbocycles. The second-order valence-electron chi connectivity index (χ2n) is 6.35. The topological polar surface area (TPSA) is 87.1 Å². The van der Waals surface area contributed by atoms with Crippen LogP contribution in [0, 0.1) is 5.92 Å². The lowest BCUT2D eigenvalue weighted by atomic mass is 9.85. The molecule has 3 N–H and O–H groups in total. The van der Waals surface area contributed by atoms with Crippen molar-refractivity contribution in [2.75, 3.05) is 11.9 Å². The number of nitrogens with one attached hydrogen (secondary N) is 2. The van der Waals surface area contributed by atoms with Crippen molar-refractivity contribution in [3.63, 3.8) is 0 Å². The second-order valence-corrected chi connectivity index (χ2v) is 7.19.